The second-order valence-corrected chi connectivity index (χ2v) is 8.77. The monoisotopic (exact) mass is 419 g/mol. The summed E-state index contributed by atoms with van der Waals surface area (Å²) in [5, 5.41) is 4.07. The summed E-state index contributed by atoms with van der Waals surface area (Å²) >= 11 is 0. The Morgan fingerprint density at radius 2 is 1.65 bits per heavy atom. The van der Waals surface area contributed by atoms with Gasteiger partial charge in [0.15, 0.2) is 5.82 Å². The van der Waals surface area contributed by atoms with E-state index in [2.05, 4.69) is 16.3 Å². The van der Waals surface area contributed by atoms with E-state index in [0.717, 1.165) is 41.1 Å². The van der Waals surface area contributed by atoms with Gasteiger partial charge in [0.05, 0.1) is 12.6 Å². The van der Waals surface area contributed by atoms with Gasteiger partial charge in [-0.15, -0.1) is 0 Å². The summed E-state index contributed by atoms with van der Waals surface area (Å²) in [6, 6.07) is 15.8. The summed E-state index contributed by atoms with van der Waals surface area (Å²) in [4.78, 5) is 26.4. The highest BCUT2D eigenvalue weighted by molar-refractivity contribution is 5.91. The van der Waals surface area contributed by atoms with Crippen molar-refractivity contribution in [2.24, 2.45) is 0 Å². The number of urea groups is 1. The van der Waals surface area contributed by atoms with Crippen molar-refractivity contribution < 1.29 is 9.53 Å². The Morgan fingerprint density at radius 1 is 0.968 bits per heavy atom. The van der Waals surface area contributed by atoms with Crippen LogP contribution in [0.3, 0.4) is 0 Å². The zero-order chi connectivity index (χ0) is 22.0. The topological polar surface area (TPSA) is 70.6 Å². The number of amides is 2. The van der Waals surface area contributed by atoms with Crippen molar-refractivity contribution in [2.75, 3.05) is 38.2 Å². The van der Waals surface area contributed by atoms with Gasteiger partial charge in [-0.05, 0) is 57.2 Å². The number of hydrogen-bond donors (Lipinski definition) is 1. The van der Waals surface area contributed by atoms with Crippen LogP contribution < -0.4 is 15.0 Å². The molecule has 0 radical (unpaired) electrons. The number of ether oxygens (including phenoxy) is 1. The molecule has 1 aromatic heterocycles. The van der Waals surface area contributed by atoms with Crippen LogP contribution in [-0.2, 0) is 0 Å². The predicted molar refractivity (Wildman–Crippen MR) is 124 cm³/mol. The van der Waals surface area contributed by atoms with Crippen LogP contribution in [0.25, 0.3) is 22.3 Å². The van der Waals surface area contributed by atoms with Gasteiger partial charge in [0.25, 0.3) is 0 Å². The normalized spacial score (nSPS) is 14.6. The van der Waals surface area contributed by atoms with Gasteiger partial charge in [-0.25, -0.2) is 14.8 Å². The third-order valence-electron chi connectivity index (χ3n) is 5.28. The number of nitrogens with zero attached hydrogens (tertiary/aromatic N) is 4. The molecule has 1 aliphatic rings. The molecule has 4 rings (SSSR count). The van der Waals surface area contributed by atoms with E-state index in [1.807, 2.05) is 68.1 Å². The molecule has 0 bridgehead atoms. The maximum Gasteiger partial charge on any atom is 0.317 e. The number of hydrogen-bond acceptors (Lipinski definition) is 5. The van der Waals surface area contributed by atoms with E-state index in [9.17, 15) is 4.79 Å². The standard InChI is InChI=1S/C24H29N5O2/c1-24(2,3)27-23(30)29-15-13-28(14-16-29)22-19-7-5-6-8-20(19)25-21(26-22)17-9-11-18(31-4)12-10-17/h5-12H,13-16H2,1-4H3,(H,27,30). The highest BCUT2D eigenvalue weighted by atomic mass is 16.5. The number of carbonyl (C=O) groups is 1. The van der Waals surface area contributed by atoms with Crippen LogP contribution in [0.2, 0.25) is 0 Å². The van der Waals surface area contributed by atoms with Crippen LogP contribution >= 0.6 is 0 Å². The molecule has 2 heterocycles. The number of piperazine rings is 1. The Morgan fingerprint density at radius 3 is 2.29 bits per heavy atom. The molecule has 0 unspecified atom stereocenters. The molecular formula is C24H29N5O2. The lowest BCUT2D eigenvalue weighted by Gasteiger charge is -2.37. The first-order valence-corrected chi connectivity index (χ1v) is 10.6. The van der Waals surface area contributed by atoms with Crippen molar-refractivity contribution >= 4 is 22.8 Å². The van der Waals surface area contributed by atoms with Gasteiger partial charge < -0.3 is 19.9 Å². The zero-order valence-electron chi connectivity index (χ0n) is 18.6. The molecule has 1 fully saturated rings. The average molecular weight is 420 g/mol. The van der Waals surface area contributed by atoms with E-state index >= 15 is 0 Å². The minimum atomic E-state index is -0.246. The van der Waals surface area contributed by atoms with E-state index in [1.165, 1.54) is 0 Å². The molecule has 0 aliphatic carbocycles. The number of benzene rings is 2. The Bertz CT molecular complexity index is 1070. The van der Waals surface area contributed by atoms with E-state index in [0.29, 0.717) is 18.9 Å². The van der Waals surface area contributed by atoms with Crippen molar-refractivity contribution in [1.29, 1.82) is 0 Å². The van der Waals surface area contributed by atoms with Gasteiger partial charge in [0, 0.05) is 42.7 Å². The molecule has 2 amide bonds. The molecule has 7 nitrogen and oxygen atoms in total. The van der Waals surface area contributed by atoms with Crippen molar-refractivity contribution in [1.82, 2.24) is 20.2 Å². The maximum atomic E-state index is 12.5. The Hall–Kier alpha value is -3.35. The molecule has 31 heavy (non-hydrogen) atoms. The van der Waals surface area contributed by atoms with E-state index < -0.39 is 0 Å². The zero-order valence-corrected chi connectivity index (χ0v) is 18.6. The first-order valence-electron chi connectivity index (χ1n) is 10.6. The number of nitrogens with one attached hydrogen (secondary N) is 1. The minimum Gasteiger partial charge on any atom is -0.497 e. The number of aromatic nitrogens is 2. The molecule has 1 aliphatic heterocycles. The van der Waals surface area contributed by atoms with Crippen molar-refractivity contribution in [3.05, 3.63) is 48.5 Å². The quantitative estimate of drug-likeness (QED) is 0.696. The second kappa shape index (κ2) is 8.41. The minimum absolute atomic E-state index is 0.0152. The second-order valence-electron chi connectivity index (χ2n) is 8.77. The Labute approximate surface area is 183 Å². The molecule has 162 valence electrons. The lowest BCUT2D eigenvalue weighted by atomic mass is 10.1. The lowest BCUT2D eigenvalue weighted by molar-refractivity contribution is 0.185. The SMILES string of the molecule is COc1ccc(-c2nc(N3CCN(C(=O)NC(C)(C)C)CC3)c3ccccc3n2)cc1. The van der Waals surface area contributed by atoms with Crippen LogP contribution in [0.5, 0.6) is 5.75 Å². The fourth-order valence-electron chi connectivity index (χ4n) is 3.69. The van der Waals surface area contributed by atoms with Crippen molar-refractivity contribution in [3.63, 3.8) is 0 Å². The van der Waals surface area contributed by atoms with Crippen LogP contribution in [0.1, 0.15) is 20.8 Å². The fourth-order valence-corrected chi connectivity index (χ4v) is 3.69. The van der Waals surface area contributed by atoms with Gasteiger partial charge in [-0.1, -0.05) is 12.1 Å². The van der Waals surface area contributed by atoms with Gasteiger partial charge in [-0.3, -0.25) is 0 Å². The summed E-state index contributed by atoms with van der Waals surface area (Å²) in [5.74, 6) is 2.39. The molecular weight excluding hydrogens is 390 g/mol. The number of rotatable bonds is 3. The van der Waals surface area contributed by atoms with Gasteiger partial charge in [-0.2, -0.15) is 0 Å². The van der Waals surface area contributed by atoms with Crippen molar-refractivity contribution in [3.8, 4) is 17.1 Å². The summed E-state index contributed by atoms with van der Waals surface area (Å²) in [6.45, 7) is 8.73. The van der Waals surface area contributed by atoms with Crippen LogP contribution in [0, 0.1) is 0 Å². The number of anilines is 1. The van der Waals surface area contributed by atoms with Gasteiger partial charge in [0.2, 0.25) is 0 Å². The Kier molecular flexibility index (Phi) is 5.67. The summed E-state index contributed by atoms with van der Waals surface area (Å²) in [7, 11) is 1.65. The highest BCUT2D eigenvalue weighted by Gasteiger charge is 2.26. The highest BCUT2D eigenvalue weighted by Crippen LogP contribution is 2.29. The third kappa shape index (κ3) is 4.71. The van der Waals surface area contributed by atoms with Gasteiger partial charge in [0.1, 0.15) is 11.6 Å². The molecule has 7 heteroatoms. The molecule has 1 N–H and O–H groups in total. The molecule has 0 atom stereocenters. The Balaban J connectivity index is 1.61. The maximum absolute atomic E-state index is 12.5. The average Bonchev–Trinajstić information content (AvgIpc) is 2.77. The summed E-state index contributed by atoms with van der Waals surface area (Å²) in [6.07, 6.45) is 0. The number of carbonyl (C=O) groups excluding carboxylic acids is 1. The first-order chi connectivity index (χ1) is 14.8. The van der Waals surface area contributed by atoms with E-state index in [4.69, 9.17) is 14.7 Å². The van der Waals surface area contributed by atoms with E-state index in [1.54, 1.807) is 7.11 Å². The van der Waals surface area contributed by atoms with Crippen LogP contribution in [0.4, 0.5) is 10.6 Å². The molecule has 3 aromatic rings. The molecule has 2 aromatic carbocycles. The summed E-state index contributed by atoms with van der Waals surface area (Å²) in [5.41, 5.74) is 1.60. The predicted octanol–water partition coefficient (Wildman–Crippen LogP) is 3.94. The lowest BCUT2D eigenvalue weighted by Crippen LogP contribution is -2.55. The fraction of sp³-hybridized carbons (Fsp3) is 0.375. The number of fused-ring (bicyclic) bond motifs is 1. The molecule has 1 saturated heterocycles. The van der Waals surface area contributed by atoms with Crippen molar-refractivity contribution in [2.45, 2.75) is 26.3 Å². The molecule has 0 saturated carbocycles. The molecule has 0 spiro atoms. The summed E-state index contributed by atoms with van der Waals surface area (Å²) < 4.78 is 5.27. The van der Waals surface area contributed by atoms with E-state index in [-0.39, 0.29) is 11.6 Å². The smallest absolute Gasteiger partial charge is 0.317 e. The van der Waals surface area contributed by atoms with Crippen LogP contribution in [0.15, 0.2) is 48.5 Å². The first kappa shape index (κ1) is 20.9. The van der Waals surface area contributed by atoms with Crippen LogP contribution in [-0.4, -0.2) is 59.7 Å². The third-order valence-corrected chi connectivity index (χ3v) is 5.28. The largest absolute Gasteiger partial charge is 0.497 e. The number of para-hydroxylation sites is 1. The number of methoxy groups -OCH3 is 1. The van der Waals surface area contributed by atoms with Gasteiger partial charge >= 0.3 is 6.03 Å².